The molecule has 1 aliphatic rings. The van der Waals surface area contributed by atoms with Crippen molar-refractivity contribution in [2.45, 2.75) is 31.9 Å². The summed E-state index contributed by atoms with van der Waals surface area (Å²) in [6.07, 6.45) is 1.22. The molecule has 1 aromatic rings. The van der Waals surface area contributed by atoms with Gasteiger partial charge in [0.1, 0.15) is 5.82 Å². The molecule has 1 saturated heterocycles. The van der Waals surface area contributed by atoms with Crippen molar-refractivity contribution in [3.05, 3.63) is 30.1 Å². The maximum Gasteiger partial charge on any atom is 0.214 e. The molecule has 2 rings (SSSR count). The number of methoxy groups -OCH3 is 1. The van der Waals surface area contributed by atoms with E-state index in [0.29, 0.717) is 12.2 Å². The van der Waals surface area contributed by atoms with E-state index >= 15 is 0 Å². The van der Waals surface area contributed by atoms with Crippen LogP contribution in [0.25, 0.3) is 0 Å². The molecule has 0 spiro atoms. The summed E-state index contributed by atoms with van der Waals surface area (Å²) in [6.45, 7) is 2.92. The molecule has 1 aliphatic heterocycles. The van der Waals surface area contributed by atoms with Gasteiger partial charge in [0.05, 0.1) is 17.5 Å². The predicted molar refractivity (Wildman–Crippen MR) is 85.0 cm³/mol. The van der Waals surface area contributed by atoms with E-state index in [-0.39, 0.29) is 23.7 Å². The Labute approximate surface area is 131 Å². The molecular weight excluding hydrogens is 307 g/mol. The third kappa shape index (κ3) is 4.66. The van der Waals surface area contributed by atoms with Crippen LogP contribution in [0.2, 0.25) is 0 Å². The molecule has 1 heterocycles. The molecule has 22 heavy (non-hydrogen) atoms. The van der Waals surface area contributed by atoms with E-state index in [1.165, 1.54) is 13.2 Å². The second-order valence-electron chi connectivity index (χ2n) is 5.68. The van der Waals surface area contributed by atoms with Crippen LogP contribution >= 0.6 is 0 Å². The smallest absolute Gasteiger partial charge is 0.214 e. The number of benzene rings is 1. The first-order chi connectivity index (χ1) is 10.4. The zero-order valence-electron chi connectivity index (χ0n) is 13.0. The van der Waals surface area contributed by atoms with Gasteiger partial charge < -0.3 is 9.64 Å². The van der Waals surface area contributed by atoms with E-state index in [4.69, 9.17) is 4.74 Å². The Hall–Kier alpha value is -1.18. The van der Waals surface area contributed by atoms with Gasteiger partial charge in [-0.15, -0.1) is 0 Å². The highest BCUT2D eigenvalue weighted by Gasteiger charge is 2.26. The van der Waals surface area contributed by atoms with Crippen molar-refractivity contribution in [1.29, 1.82) is 0 Å². The topological polar surface area (TPSA) is 58.6 Å². The van der Waals surface area contributed by atoms with E-state index in [2.05, 4.69) is 4.72 Å². The van der Waals surface area contributed by atoms with Crippen molar-refractivity contribution in [2.24, 2.45) is 0 Å². The van der Waals surface area contributed by atoms with E-state index in [0.717, 1.165) is 19.4 Å². The van der Waals surface area contributed by atoms with Crippen LogP contribution in [0.5, 0.6) is 0 Å². The van der Waals surface area contributed by atoms with E-state index in [1.54, 1.807) is 25.1 Å². The molecule has 0 bridgehead atoms. The Bertz CT molecular complexity index is 594. The summed E-state index contributed by atoms with van der Waals surface area (Å²) in [5.74, 6) is -0.348. The number of anilines is 1. The standard InChI is InChI=1S/C15H23FN2O3S/c1-12(21-2)11-22(19,20)17-13-6-5-9-18(10-13)15-8-4-3-7-14(15)16/h3-4,7-8,12-13,17H,5-6,9-11H2,1-2H3. The molecule has 124 valence electrons. The zero-order valence-corrected chi connectivity index (χ0v) is 13.8. The van der Waals surface area contributed by atoms with Crippen LogP contribution in [0.4, 0.5) is 10.1 Å². The Morgan fingerprint density at radius 3 is 2.86 bits per heavy atom. The van der Waals surface area contributed by atoms with Gasteiger partial charge in [-0.1, -0.05) is 12.1 Å². The summed E-state index contributed by atoms with van der Waals surface area (Å²) >= 11 is 0. The lowest BCUT2D eigenvalue weighted by Gasteiger charge is -2.34. The average Bonchev–Trinajstić information content (AvgIpc) is 2.46. The maximum absolute atomic E-state index is 13.9. The number of nitrogens with one attached hydrogen (secondary N) is 1. The van der Waals surface area contributed by atoms with Crippen molar-refractivity contribution in [3.8, 4) is 0 Å². The first kappa shape index (κ1) is 17.2. The molecular formula is C15H23FN2O3S. The van der Waals surface area contributed by atoms with Gasteiger partial charge >= 0.3 is 0 Å². The molecule has 0 saturated carbocycles. The number of rotatable bonds is 6. The number of hydrogen-bond acceptors (Lipinski definition) is 4. The maximum atomic E-state index is 13.9. The fourth-order valence-corrected chi connectivity index (χ4v) is 4.23. The van der Waals surface area contributed by atoms with E-state index in [1.807, 2.05) is 4.90 Å². The van der Waals surface area contributed by atoms with Gasteiger partial charge in [-0.3, -0.25) is 0 Å². The number of sulfonamides is 1. The molecule has 1 aromatic carbocycles. The Morgan fingerprint density at radius 2 is 2.18 bits per heavy atom. The number of hydrogen-bond donors (Lipinski definition) is 1. The molecule has 0 aromatic heterocycles. The lowest BCUT2D eigenvalue weighted by Crippen LogP contribution is -2.49. The van der Waals surface area contributed by atoms with Crippen molar-refractivity contribution in [1.82, 2.24) is 4.72 Å². The Balaban J connectivity index is 2.01. The van der Waals surface area contributed by atoms with E-state index < -0.39 is 10.0 Å². The number of para-hydroxylation sites is 1. The largest absolute Gasteiger partial charge is 0.381 e. The van der Waals surface area contributed by atoms with Crippen molar-refractivity contribution < 1.29 is 17.5 Å². The van der Waals surface area contributed by atoms with Crippen molar-refractivity contribution in [3.63, 3.8) is 0 Å². The van der Waals surface area contributed by atoms with Crippen LogP contribution in [-0.4, -0.2) is 46.5 Å². The summed E-state index contributed by atoms with van der Waals surface area (Å²) in [5, 5.41) is 0. The van der Waals surface area contributed by atoms with Crippen LogP contribution in [0.1, 0.15) is 19.8 Å². The first-order valence-corrected chi connectivity index (χ1v) is 9.09. The molecule has 0 amide bonds. The lowest BCUT2D eigenvalue weighted by atomic mass is 10.1. The fourth-order valence-electron chi connectivity index (χ4n) is 2.68. The van der Waals surface area contributed by atoms with Crippen LogP contribution in [0.3, 0.4) is 0 Å². The van der Waals surface area contributed by atoms with Crippen LogP contribution in [-0.2, 0) is 14.8 Å². The van der Waals surface area contributed by atoms with Gasteiger partial charge in [-0.2, -0.15) is 0 Å². The minimum Gasteiger partial charge on any atom is -0.381 e. The van der Waals surface area contributed by atoms with Crippen molar-refractivity contribution >= 4 is 15.7 Å². The summed E-state index contributed by atoms with van der Waals surface area (Å²) < 4.78 is 45.8. The molecule has 5 nitrogen and oxygen atoms in total. The minimum atomic E-state index is -3.40. The second kappa shape index (κ2) is 7.39. The molecule has 2 unspecified atom stereocenters. The van der Waals surface area contributed by atoms with Gasteiger partial charge in [0.15, 0.2) is 0 Å². The molecule has 7 heteroatoms. The van der Waals surface area contributed by atoms with Crippen LogP contribution in [0.15, 0.2) is 24.3 Å². The number of ether oxygens (including phenoxy) is 1. The summed E-state index contributed by atoms with van der Waals surface area (Å²) in [4.78, 5) is 1.89. The first-order valence-electron chi connectivity index (χ1n) is 7.43. The summed E-state index contributed by atoms with van der Waals surface area (Å²) in [7, 11) is -1.92. The zero-order chi connectivity index (χ0) is 16.2. The molecule has 1 N–H and O–H groups in total. The molecule has 1 fully saturated rings. The number of piperidine rings is 1. The van der Waals surface area contributed by atoms with Crippen molar-refractivity contribution in [2.75, 3.05) is 30.9 Å². The predicted octanol–water partition coefficient (Wildman–Crippen LogP) is 1.75. The van der Waals surface area contributed by atoms with Gasteiger partial charge in [0.2, 0.25) is 10.0 Å². The highest BCUT2D eigenvalue weighted by Crippen LogP contribution is 2.23. The highest BCUT2D eigenvalue weighted by molar-refractivity contribution is 7.89. The van der Waals surface area contributed by atoms with Gasteiger partial charge in [-0.05, 0) is 31.9 Å². The molecule has 2 atom stereocenters. The third-order valence-corrected chi connectivity index (χ3v) is 5.42. The molecule has 0 radical (unpaired) electrons. The SMILES string of the molecule is COC(C)CS(=O)(=O)NC1CCCN(c2ccccc2F)C1. The van der Waals surface area contributed by atoms with Crippen LogP contribution in [0, 0.1) is 5.82 Å². The second-order valence-corrected chi connectivity index (χ2v) is 7.48. The fraction of sp³-hybridized carbons (Fsp3) is 0.600. The normalized spacial score (nSPS) is 20.9. The van der Waals surface area contributed by atoms with Gasteiger partial charge in [0.25, 0.3) is 0 Å². The lowest BCUT2D eigenvalue weighted by molar-refractivity contribution is 0.136. The van der Waals surface area contributed by atoms with Crippen LogP contribution < -0.4 is 9.62 Å². The summed E-state index contributed by atoms with van der Waals surface area (Å²) in [5.41, 5.74) is 0.525. The van der Waals surface area contributed by atoms with Gasteiger partial charge in [0, 0.05) is 26.2 Å². The molecule has 0 aliphatic carbocycles. The Kier molecular flexibility index (Phi) is 5.77. The quantitative estimate of drug-likeness (QED) is 0.863. The van der Waals surface area contributed by atoms with Gasteiger partial charge in [-0.25, -0.2) is 17.5 Å². The highest BCUT2D eigenvalue weighted by atomic mass is 32.2. The van der Waals surface area contributed by atoms with E-state index in [9.17, 15) is 12.8 Å². The number of halogens is 1. The minimum absolute atomic E-state index is 0.0697. The Morgan fingerprint density at radius 1 is 1.45 bits per heavy atom. The third-order valence-electron chi connectivity index (χ3n) is 3.82. The monoisotopic (exact) mass is 330 g/mol. The summed E-state index contributed by atoms with van der Waals surface area (Å²) in [6, 6.07) is 6.37. The number of nitrogens with zero attached hydrogens (tertiary/aromatic N) is 1. The average molecular weight is 330 g/mol.